The lowest BCUT2D eigenvalue weighted by Crippen LogP contribution is -2.04. The van der Waals surface area contributed by atoms with Crippen LogP contribution in [0.2, 0.25) is 0 Å². The molecule has 0 aliphatic rings. The van der Waals surface area contributed by atoms with E-state index in [0.29, 0.717) is 12.3 Å². The topological polar surface area (TPSA) is 47.0 Å². The fourth-order valence-corrected chi connectivity index (χ4v) is 1.28. The first-order valence-corrected chi connectivity index (χ1v) is 5.39. The first-order valence-electron chi connectivity index (χ1n) is 5.39. The Morgan fingerprint density at radius 1 is 1.22 bits per heavy atom. The van der Waals surface area contributed by atoms with Gasteiger partial charge in [0.15, 0.2) is 0 Å². The van der Waals surface area contributed by atoms with Gasteiger partial charge in [-0.1, -0.05) is 0 Å². The minimum atomic E-state index is -0.680. The standard InChI is InChI=1S/C12H11F2N3O/c1-2-15-12-16-7-10(14)11(17-12)18-9-5-3-8(13)4-6-9/h3-7H,2H2,1H3,(H,15,16,17). The van der Waals surface area contributed by atoms with E-state index < -0.39 is 5.82 Å². The monoisotopic (exact) mass is 251 g/mol. The van der Waals surface area contributed by atoms with Gasteiger partial charge in [0.1, 0.15) is 11.6 Å². The fraction of sp³-hybridized carbons (Fsp3) is 0.167. The van der Waals surface area contributed by atoms with Gasteiger partial charge in [0.25, 0.3) is 5.88 Å². The Kier molecular flexibility index (Phi) is 3.66. The molecule has 0 aliphatic heterocycles. The fourth-order valence-electron chi connectivity index (χ4n) is 1.28. The Morgan fingerprint density at radius 2 is 1.94 bits per heavy atom. The summed E-state index contributed by atoms with van der Waals surface area (Å²) in [6.07, 6.45) is 1.02. The van der Waals surface area contributed by atoms with Crippen molar-refractivity contribution in [2.75, 3.05) is 11.9 Å². The van der Waals surface area contributed by atoms with Crippen molar-refractivity contribution >= 4 is 5.95 Å². The summed E-state index contributed by atoms with van der Waals surface area (Å²) < 4.78 is 31.3. The van der Waals surface area contributed by atoms with E-state index in [9.17, 15) is 8.78 Å². The van der Waals surface area contributed by atoms with Gasteiger partial charge in [-0.3, -0.25) is 0 Å². The Hall–Kier alpha value is -2.24. The lowest BCUT2D eigenvalue weighted by Gasteiger charge is -2.07. The number of nitrogens with zero attached hydrogens (tertiary/aromatic N) is 2. The van der Waals surface area contributed by atoms with E-state index in [1.807, 2.05) is 6.92 Å². The van der Waals surface area contributed by atoms with Crippen LogP contribution in [0, 0.1) is 11.6 Å². The largest absolute Gasteiger partial charge is 0.436 e. The zero-order valence-electron chi connectivity index (χ0n) is 9.65. The maximum absolute atomic E-state index is 13.4. The highest BCUT2D eigenvalue weighted by atomic mass is 19.1. The van der Waals surface area contributed by atoms with Crippen LogP contribution in [0.4, 0.5) is 14.7 Å². The number of anilines is 1. The number of nitrogens with one attached hydrogen (secondary N) is 1. The van der Waals surface area contributed by atoms with Gasteiger partial charge in [-0.05, 0) is 31.2 Å². The van der Waals surface area contributed by atoms with Crippen LogP contribution >= 0.6 is 0 Å². The molecule has 4 nitrogen and oxygen atoms in total. The summed E-state index contributed by atoms with van der Waals surface area (Å²) in [6.45, 7) is 2.48. The predicted octanol–water partition coefficient (Wildman–Crippen LogP) is 2.98. The van der Waals surface area contributed by atoms with Crippen molar-refractivity contribution in [3.8, 4) is 11.6 Å². The highest BCUT2D eigenvalue weighted by Crippen LogP contribution is 2.22. The Balaban J connectivity index is 2.22. The van der Waals surface area contributed by atoms with Gasteiger partial charge in [-0.2, -0.15) is 9.37 Å². The molecule has 1 aromatic heterocycles. The van der Waals surface area contributed by atoms with E-state index in [1.54, 1.807) is 0 Å². The summed E-state index contributed by atoms with van der Waals surface area (Å²) in [5.41, 5.74) is 0. The second-order valence-electron chi connectivity index (χ2n) is 3.43. The molecule has 0 saturated carbocycles. The van der Waals surface area contributed by atoms with E-state index in [1.165, 1.54) is 24.3 Å². The van der Waals surface area contributed by atoms with Gasteiger partial charge in [-0.25, -0.2) is 9.37 Å². The Morgan fingerprint density at radius 3 is 2.61 bits per heavy atom. The van der Waals surface area contributed by atoms with Crippen LogP contribution in [0.3, 0.4) is 0 Å². The van der Waals surface area contributed by atoms with Crippen molar-refractivity contribution in [2.45, 2.75) is 6.92 Å². The van der Waals surface area contributed by atoms with Crippen molar-refractivity contribution in [3.05, 3.63) is 42.1 Å². The van der Waals surface area contributed by atoms with Crippen LogP contribution in [0.1, 0.15) is 6.92 Å². The zero-order valence-corrected chi connectivity index (χ0v) is 9.65. The number of hydrogen-bond donors (Lipinski definition) is 1. The Bertz CT molecular complexity index is 531. The maximum Gasteiger partial charge on any atom is 0.260 e. The molecule has 18 heavy (non-hydrogen) atoms. The van der Waals surface area contributed by atoms with Crippen molar-refractivity contribution < 1.29 is 13.5 Å². The lowest BCUT2D eigenvalue weighted by atomic mass is 10.3. The molecule has 94 valence electrons. The van der Waals surface area contributed by atoms with Gasteiger partial charge in [0.05, 0.1) is 6.20 Å². The van der Waals surface area contributed by atoms with Gasteiger partial charge < -0.3 is 10.1 Å². The molecule has 0 fully saturated rings. The van der Waals surface area contributed by atoms with Gasteiger partial charge >= 0.3 is 0 Å². The third kappa shape index (κ3) is 2.91. The highest BCUT2D eigenvalue weighted by Gasteiger charge is 2.09. The van der Waals surface area contributed by atoms with Crippen LogP contribution in [-0.4, -0.2) is 16.5 Å². The van der Waals surface area contributed by atoms with Crippen LogP contribution in [0.25, 0.3) is 0 Å². The lowest BCUT2D eigenvalue weighted by molar-refractivity contribution is 0.420. The van der Waals surface area contributed by atoms with Gasteiger partial charge in [-0.15, -0.1) is 0 Å². The average Bonchev–Trinajstić information content (AvgIpc) is 2.36. The summed E-state index contributed by atoms with van der Waals surface area (Å²) in [5.74, 6) is -0.695. The van der Waals surface area contributed by atoms with E-state index in [2.05, 4.69) is 15.3 Å². The number of ether oxygens (including phenoxy) is 1. The van der Waals surface area contributed by atoms with Crippen LogP contribution < -0.4 is 10.1 Å². The maximum atomic E-state index is 13.4. The molecule has 0 aliphatic carbocycles. The minimum Gasteiger partial charge on any atom is -0.436 e. The molecule has 1 N–H and O–H groups in total. The number of aromatic nitrogens is 2. The molecule has 2 rings (SSSR count). The van der Waals surface area contributed by atoms with Crippen molar-refractivity contribution in [2.24, 2.45) is 0 Å². The van der Waals surface area contributed by atoms with Crippen molar-refractivity contribution in [1.82, 2.24) is 9.97 Å². The van der Waals surface area contributed by atoms with E-state index in [4.69, 9.17) is 4.74 Å². The second kappa shape index (κ2) is 5.39. The molecule has 0 atom stereocenters. The molecule has 0 spiro atoms. The zero-order chi connectivity index (χ0) is 13.0. The van der Waals surface area contributed by atoms with Gasteiger partial charge in [0, 0.05) is 6.54 Å². The molecular formula is C12H11F2N3O. The summed E-state index contributed by atoms with van der Waals surface area (Å²) in [7, 11) is 0. The van der Waals surface area contributed by atoms with E-state index in [-0.39, 0.29) is 17.6 Å². The summed E-state index contributed by atoms with van der Waals surface area (Å²) in [6, 6.07) is 5.23. The quantitative estimate of drug-likeness (QED) is 0.907. The van der Waals surface area contributed by atoms with Crippen molar-refractivity contribution in [1.29, 1.82) is 0 Å². The smallest absolute Gasteiger partial charge is 0.260 e. The van der Waals surface area contributed by atoms with Crippen LogP contribution in [0.5, 0.6) is 11.6 Å². The molecular weight excluding hydrogens is 240 g/mol. The number of halogens is 2. The average molecular weight is 251 g/mol. The molecule has 1 aromatic carbocycles. The van der Waals surface area contributed by atoms with Crippen molar-refractivity contribution in [3.63, 3.8) is 0 Å². The van der Waals surface area contributed by atoms with Crippen LogP contribution in [-0.2, 0) is 0 Å². The molecule has 0 saturated heterocycles. The van der Waals surface area contributed by atoms with E-state index in [0.717, 1.165) is 6.20 Å². The molecule has 0 amide bonds. The number of hydrogen-bond acceptors (Lipinski definition) is 4. The number of benzene rings is 1. The number of rotatable bonds is 4. The molecule has 0 unspecified atom stereocenters. The Labute approximate surface area is 103 Å². The normalized spacial score (nSPS) is 10.2. The first kappa shape index (κ1) is 12.2. The van der Waals surface area contributed by atoms with Gasteiger partial charge in [0.2, 0.25) is 11.8 Å². The molecule has 2 aromatic rings. The highest BCUT2D eigenvalue weighted by molar-refractivity contribution is 5.32. The molecule has 6 heteroatoms. The predicted molar refractivity (Wildman–Crippen MR) is 62.6 cm³/mol. The molecule has 0 bridgehead atoms. The second-order valence-corrected chi connectivity index (χ2v) is 3.43. The first-order chi connectivity index (χ1) is 8.69. The van der Waals surface area contributed by atoms with Crippen LogP contribution in [0.15, 0.2) is 30.5 Å². The third-order valence-corrected chi connectivity index (χ3v) is 2.07. The van der Waals surface area contributed by atoms with E-state index >= 15 is 0 Å². The third-order valence-electron chi connectivity index (χ3n) is 2.07. The molecule has 0 radical (unpaired) electrons. The molecule has 1 heterocycles. The minimum absolute atomic E-state index is 0.201. The summed E-state index contributed by atoms with van der Waals surface area (Å²) >= 11 is 0. The summed E-state index contributed by atoms with van der Waals surface area (Å²) in [5, 5.41) is 2.84. The SMILES string of the molecule is CCNc1ncc(F)c(Oc2ccc(F)cc2)n1. The summed E-state index contributed by atoms with van der Waals surface area (Å²) in [4.78, 5) is 7.61.